The molecule has 0 aliphatic rings. The highest BCUT2D eigenvalue weighted by Crippen LogP contribution is 2.36. The molecule has 0 saturated carbocycles. The first kappa shape index (κ1) is 20.8. The normalized spacial score (nSPS) is 11.8. The molecule has 6 nitrogen and oxygen atoms in total. The number of aryl methyl sites for hydroxylation is 2. The maximum absolute atomic E-state index is 13.4. The number of amides is 1. The molecule has 1 aromatic carbocycles. The summed E-state index contributed by atoms with van der Waals surface area (Å²) in [5.41, 5.74) is 3.29. The van der Waals surface area contributed by atoms with Crippen molar-refractivity contribution in [3.8, 4) is 0 Å². The number of halogens is 1. The quantitative estimate of drug-likeness (QED) is 0.588. The number of nitrogens with zero attached hydrogens (tertiary/aromatic N) is 5. The molecule has 0 radical (unpaired) electrons. The van der Waals surface area contributed by atoms with Gasteiger partial charge in [0.2, 0.25) is 0 Å². The fourth-order valence-electron chi connectivity index (χ4n) is 3.04. The summed E-state index contributed by atoms with van der Waals surface area (Å²) < 4.78 is 2.78. The molecule has 0 N–H and O–H groups in total. The lowest BCUT2D eigenvalue weighted by molar-refractivity contribution is 0.0979. The van der Waals surface area contributed by atoms with Crippen molar-refractivity contribution >= 4 is 44.2 Å². The Balaban J connectivity index is 2.04. The van der Waals surface area contributed by atoms with Gasteiger partial charge in [0.05, 0.1) is 15.2 Å². The van der Waals surface area contributed by atoms with Crippen molar-refractivity contribution in [2.24, 2.45) is 0 Å². The second-order valence-corrected chi connectivity index (χ2v) is 8.89. The predicted octanol–water partition coefficient (Wildman–Crippen LogP) is 4.55. The fraction of sp³-hybridized carbons (Fsp3) is 0.450. The van der Waals surface area contributed by atoms with Gasteiger partial charge < -0.3 is 4.90 Å². The van der Waals surface area contributed by atoms with Gasteiger partial charge in [0.1, 0.15) is 0 Å². The van der Waals surface area contributed by atoms with E-state index in [4.69, 9.17) is 16.6 Å². The molecule has 0 atom stereocenters. The first-order valence-electron chi connectivity index (χ1n) is 9.27. The molecule has 28 heavy (non-hydrogen) atoms. The zero-order valence-electron chi connectivity index (χ0n) is 17.2. The molecular formula is C20H26ClN5OS. The monoisotopic (exact) mass is 419 g/mol. The SMILES string of the molecule is Cc1ccc(Cl)c2sc(N(CCN(C)C)C(=O)c3cc(C)n(C(C)C)n3)nc12. The molecule has 2 aromatic heterocycles. The van der Waals surface area contributed by atoms with Gasteiger partial charge in [-0.1, -0.05) is 29.0 Å². The second-order valence-electron chi connectivity index (χ2n) is 7.51. The lowest BCUT2D eigenvalue weighted by Crippen LogP contribution is -2.37. The molecule has 0 fully saturated rings. The summed E-state index contributed by atoms with van der Waals surface area (Å²) in [6.45, 7) is 9.32. The summed E-state index contributed by atoms with van der Waals surface area (Å²) in [5.74, 6) is -0.141. The maximum Gasteiger partial charge on any atom is 0.280 e. The minimum atomic E-state index is -0.141. The second kappa shape index (κ2) is 8.19. The van der Waals surface area contributed by atoms with Crippen LogP contribution >= 0.6 is 22.9 Å². The third-order valence-corrected chi connectivity index (χ3v) is 6.10. The van der Waals surface area contributed by atoms with E-state index in [0.29, 0.717) is 22.4 Å². The summed E-state index contributed by atoms with van der Waals surface area (Å²) in [4.78, 5) is 21.9. The van der Waals surface area contributed by atoms with E-state index in [0.717, 1.165) is 28.0 Å². The molecular weight excluding hydrogens is 394 g/mol. The van der Waals surface area contributed by atoms with Gasteiger partial charge in [0, 0.05) is 24.8 Å². The Morgan fingerprint density at radius 2 is 1.96 bits per heavy atom. The summed E-state index contributed by atoms with van der Waals surface area (Å²) in [6.07, 6.45) is 0. The number of hydrogen-bond donors (Lipinski definition) is 0. The Morgan fingerprint density at radius 1 is 1.25 bits per heavy atom. The molecule has 3 aromatic rings. The molecule has 8 heteroatoms. The van der Waals surface area contributed by atoms with E-state index >= 15 is 0 Å². The van der Waals surface area contributed by atoms with Gasteiger partial charge in [-0.25, -0.2) is 4.98 Å². The van der Waals surface area contributed by atoms with Gasteiger partial charge in [-0.05, 0) is 59.5 Å². The number of likely N-dealkylation sites (N-methyl/N-ethyl adjacent to an activating group) is 1. The van der Waals surface area contributed by atoms with Gasteiger partial charge >= 0.3 is 0 Å². The number of rotatable bonds is 6. The summed E-state index contributed by atoms with van der Waals surface area (Å²) in [7, 11) is 3.97. The number of fused-ring (bicyclic) bond motifs is 1. The molecule has 0 aliphatic carbocycles. The van der Waals surface area contributed by atoms with Crippen molar-refractivity contribution in [2.75, 3.05) is 32.1 Å². The lowest BCUT2D eigenvalue weighted by atomic mass is 10.2. The highest BCUT2D eigenvalue weighted by Gasteiger charge is 2.25. The van der Waals surface area contributed by atoms with E-state index < -0.39 is 0 Å². The zero-order valence-corrected chi connectivity index (χ0v) is 18.7. The summed E-state index contributed by atoms with van der Waals surface area (Å²) >= 11 is 7.82. The minimum absolute atomic E-state index is 0.141. The van der Waals surface area contributed by atoms with E-state index in [1.165, 1.54) is 11.3 Å². The van der Waals surface area contributed by atoms with Crippen LogP contribution in [0.3, 0.4) is 0 Å². The number of aromatic nitrogens is 3. The van der Waals surface area contributed by atoms with Crippen molar-refractivity contribution in [3.63, 3.8) is 0 Å². The van der Waals surface area contributed by atoms with Crippen molar-refractivity contribution in [2.45, 2.75) is 33.7 Å². The fourth-order valence-corrected chi connectivity index (χ4v) is 4.38. The van der Waals surface area contributed by atoms with Gasteiger partial charge in [0.25, 0.3) is 5.91 Å². The van der Waals surface area contributed by atoms with Gasteiger partial charge in [-0.15, -0.1) is 0 Å². The molecule has 3 rings (SSSR count). The van der Waals surface area contributed by atoms with Crippen LogP contribution in [-0.2, 0) is 0 Å². The standard InChI is InChI=1S/C20H26ClN5OS/c1-12(2)26-14(4)11-16(23-26)19(27)25(10-9-24(5)6)20-22-17-13(3)7-8-15(21)18(17)28-20/h7-8,11-12H,9-10H2,1-6H3. The average Bonchev–Trinajstić information content (AvgIpc) is 3.23. The number of benzene rings is 1. The third kappa shape index (κ3) is 4.06. The van der Waals surface area contributed by atoms with E-state index in [1.807, 2.05) is 55.7 Å². The zero-order chi connectivity index (χ0) is 20.6. The smallest absolute Gasteiger partial charge is 0.280 e. The molecule has 0 unspecified atom stereocenters. The van der Waals surface area contributed by atoms with E-state index in [2.05, 4.69) is 18.9 Å². The van der Waals surface area contributed by atoms with Gasteiger partial charge in [0.15, 0.2) is 10.8 Å². The topological polar surface area (TPSA) is 54.3 Å². The Morgan fingerprint density at radius 3 is 2.54 bits per heavy atom. The van der Waals surface area contributed by atoms with Crippen molar-refractivity contribution < 1.29 is 4.79 Å². The Kier molecular flexibility index (Phi) is 6.07. The maximum atomic E-state index is 13.4. The number of carbonyl (C=O) groups excluding carboxylic acids is 1. The van der Waals surface area contributed by atoms with Crippen LogP contribution in [0.2, 0.25) is 5.02 Å². The Hall–Kier alpha value is -1.96. The highest BCUT2D eigenvalue weighted by molar-refractivity contribution is 7.23. The molecule has 0 bridgehead atoms. The summed E-state index contributed by atoms with van der Waals surface area (Å²) in [6, 6.07) is 5.87. The molecule has 2 heterocycles. The number of carbonyl (C=O) groups is 1. The molecule has 1 amide bonds. The highest BCUT2D eigenvalue weighted by atomic mass is 35.5. The van der Waals surface area contributed by atoms with Crippen LogP contribution in [0.5, 0.6) is 0 Å². The van der Waals surface area contributed by atoms with E-state index in [9.17, 15) is 4.79 Å². The van der Waals surface area contributed by atoms with Gasteiger partial charge in [-0.2, -0.15) is 5.10 Å². The van der Waals surface area contributed by atoms with Crippen LogP contribution in [0.15, 0.2) is 18.2 Å². The van der Waals surface area contributed by atoms with Crippen LogP contribution in [0.1, 0.15) is 41.6 Å². The van der Waals surface area contributed by atoms with Crippen LogP contribution in [0.25, 0.3) is 10.2 Å². The lowest BCUT2D eigenvalue weighted by Gasteiger charge is -2.21. The first-order valence-corrected chi connectivity index (χ1v) is 10.5. The Labute approximate surface area is 174 Å². The third-order valence-electron chi connectivity index (χ3n) is 4.56. The van der Waals surface area contributed by atoms with Crippen molar-refractivity contribution in [1.29, 1.82) is 0 Å². The molecule has 0 spiro atoms. The minimum Gasteiger partial charge on any atom is -0.308 e. The van der Waals surface area contributed by atoms with Gasteiger partial charge in [-0.3, -0.25) is 14.4 Å². The molecule has 0 aliphatic heterocycles. The van der Waals surface area contributed by atoms with Crippen molar-refractivity contribution in [1.82, 2.24) is 19.7 Å². The van der Waals surface area contributed by atoms with E-state index in [-0.39, 0.29) is 11.9 Å². The Bertz CT molecular complexity index is 969. The van der Waals surface area contributed by atoms with Crippen LogP contribution in [-0.4, -0.2) is 52.8 Å². The number of hydrogen-bond acceptors (Lipinski definition) is 5. The largest absolute Gasteiger partial charge is 0.308 e. The molecule has 0 saturated heterocycles. The van der Waals surface area contributed by atoms with Crippen LogP contribution in [0, 0.1) is 13.8 Å². The van der Waals surface area contributed by atoms with Crippen LogP contribution in [0.4, 0.5) is 5.13 Å². The summed E-state index contributed by atoms with van der Waals surface area (Å²) in [5, 5.41) is 5.84. The average molecular weight is 420 g/mol. The van der Waals surface area contributed by atoms with E-state index in [1.54, 1.807) is 4.90 Å². The predicted molar refractivity (Wildman–Crippen MR) is 117 cm³/mol. The number of anilines is 1. The van der Waals surface area contributed by atoms with Crippen molar-refractivity contribution in [3.05, 3.63) is 40.2 Å². The number of thiazole rings is 1. The van der Waals surface area contributed by atoms with Crippen LogP contribution < -0.4 is 4.90 Å². The molecule has 150 valence electrons. The first-order chi connectivity index (χ1) is 13.2.